The van der Waals surface area contributed by atoms with Crippen LogP contribution in [0, 0.1) is 0 Å². The number of nitrogens with one attached hydrogen (secondary N) is 2. The smallest absolute Gasteiger partial charge is 0.102 e. The lowest BCUT2D eigenvalue weighted by Gasteiger charge is -2.19. The van der Waals surface area contributed by atoms with Gasteiger partial charge in [0.1, 0.15) is 5.66 Å². The highest BCUT2D eigenvalue weighted by Gasteiger charge is 2.26. The number of fused-ring (bicyclic) bond motifs is 3. The number of benzene rings is 2. The molecule has 1 aliphatic rings. The fraction of sp³-hybridized carbons (Fsp3) is 0.200. The molecule has 4 nitrogen and oxygen atoms in total. The van der Waals surface area contributed by atoms with Crippen LogP contribution in [0.15, 0.2) is 24.3 Å². The Bertz CT molecular complexity index is 833. The molecule has 0 bridgehead atoms. The quantitative estimate of drug-likeness (QED) is 0.592. The van der Waals surface area contributed by atoms with E-state index in [0.717, 1.165) is 33.4 Å². The summed E-state index contributed by atoms with van der Waals surface area (Å²) in [5.74, 6) is 0. The minimum absolute atomic E-state index is 0.175. The molecule has 0 saturated carbocycles. The number of hydrogen-bond donors (Lipinski definition) is 2. The average molecular weight is 319 g/mol. The Morgan fingerprint density at radius 2 is 1.14 bits per heavy atom. The standard InChI is InChI=1S/C15H12Cl2N4/c1-15(2)20-13-5-11-12(6-14(13)21-15)19-10-4-8(17)7(16)3-9(10)18-11/h3-6,20-21H,1-2H3. The second-order valence-corrected chi connectivity index (χ2v) is 6.55. The van der Waals surface area contributed by atoms with Crippen molar-refractivity contribution in [2.45, 2.75) is 19.5 Å². The highest BCUT2D eigenvalue weighted by atomic mass is 35.5. The minimum atomic E-state index is -0.175. The highest BCUT2D eigenvalue weighted by Crippen LogP contribution is 2.37. The molecule has 1 aliphatic heterocycles. The molecule has 3 aromatic rings. The molecule has 0 saturated heterocycles. The van der Waals surface area contributed by atoms with Gasteiger partial charge in [-0.15, -0.1) is 0 Å². The van der Waals surface area contributed by atoms with E-state index in [1.165, 1.54) is 0 Å². The van der Waals surface area contributed by atoms with Gasteiger partial charge in [-0.25, -0.2) is 9.97 Å². The SMILES string of the molecule is CC1(C)Nc2cc3nc4cc(Cl)c(Cl)cc4nc3cc2N1. The van der Waals surface area contributed by atoms with Crippen LogP contribution in [-0.4, -0.2) is 15.6 Å². The largest absolute Gasteiger partial charge is 0.362 e. The van der Waals surface area contributed by atoms with Gasteiger partial charge < -0.3 is 10.6 Å². The van der Waals surface area contributed by atoms with Crippen LogP contribution in [0.2, 0.25) is 10.0 Å². The number of hydrogen-bond acceptors (Lipinski definition) is 4. The molecule has 6 heteroatoms. The maximum atomic E-state index is 6.05. The molecule has 0 unspecified atom stereocenters. The summed E-state index contributed by atoms with van der Waals surface area (Å²) in [7, 11) is 0. The van der Waals surface area contributed by atoms with E-state index in [1.54, 1.807) is 12.1 Å². The van der Waals surface area contributed by atoms with Gasteiger partial charge in [0, 0.05) is 0 Å². The van der Waals surface area contributed by atoms with Gasteiger partial charge in [-0.3, -0.25) is 0 Å². The maximum Gasteiger partial charge on any atom is 0.102 e. The van der Waals surface area contributed by atoms with Crippen molar-refractivity contribution in [3.63, 3.8) is 0 Å². The van der Waals surface area contributed by atoms with Crippen molar-refractivity contribution in [3.05, 3.63) is 34.3 Å². The Balaban J connectivity index is 2.00. The lowest BCUT2D eigenvalue weighted by molar-refractivity contribution is 0.675. The monoisotopic (exact) mass is 318 g/mol. The lowest BCUT2D eigenvalue weighted by atomic mass is 10.2. The van der Waals surface area contributed by atoms with Gasteiger partial charge >= 0.3 is 0 Å². The predicted octanol–water partition coefficient (Wildman–Crippen LogP) is 4.66. The van der Waals surface area contributed by atoms with Crippen molar-refractivity contribution in [3.8, 4) is 0 Å². The lowest BCUT2D eigenvalue weighted by Crippen LogP contribution is -2.33. The molecular formula is C15H12Cl2N4. The normalized spacial score (nSPS) is 15.8. The number of anilines is 2. The van der Waals surface area contributed by atoms with Gasteiger partial charge in [0.05, 0.1) is 43.5 Å². The first-order valence-electron chi connectivity index (χ1n) is 6.58. The molecule has 1 aromatic heterocycles. The van der Waals surface area contributed by atoms with Crippen molar-refractivity contribution in [2.24, 2.45) is 0 Å². The average Bonchev–Trinajstić information content (AvgIpc) is 2.68. The summed E-state index contributed by atoms with van der Waals surface area (Å²) in [6, 6.07) is 7.49. The van der Waals surface area contributed by atoms with E-state index in [-0.39, 0.29) is 5.66 Å². The van der Waals surface area contributed by atoms with Crippen molar-refractivity contribution in [1.82, 2.24) is 9.97 Å². The summed E-state index contributed by atoms with van der Waals surface area (Å²) in [6.07, 6.45) is 0. The van der Waals surface area contributed by atoms with Crippen LogP contribution in [0.1, 0.15) is 13.8 Å². The highest BCUT2D eigenvalue weighted by molar-refractivity contribution is 6.42. The van der Waals surface area contributed by atoms with Gasteiger partial charge in [-0.2, -0.15) is 0 Å². The summed E-state index contributed by atoms with van der Waals surface area (Å²) in [4.78, 5) is 9.26. The van der Waals surface area contributed by atoms with Crippen LogP contribution in [0.5, 0.6) is 0 Å². The third-order valence-corrected chi connectivity index (χ3v) is 4.23. The molecule has 2 aromatic carbocycles. The van der Waals surface area contributed by atoms with E-state index in [0.29, 0.717) is 10.0 Å². The third kappa shape index (κ3) is 2.06. The van der Waals surface area contributed by atoms with E-state index in [1.807, 2.05) is 12.1 Å². The summed E-state index contributed by atoms with van der Waals surface area (Å²) < 4.78 is 0. The molecule has 0 atom stereocenters. The zero-order valence-electron chi connectivity index (χ0n) is 11.5. The maximum absolute atomic E-state index is 6.05. The summed E-state index contributed by atoms with van der Waals surface area (Å²) in [5, 5.41) is 7.79. The van der Waals surface area contributed by atoms with Crippen molar-refractivity contribution < 1.29 is 0 Å². The fourth-order valence-corrected chi connectivity index (χ4v) is 2.95. The van der Waals surface area contributed by atoms with Gasteiger partial charge in [0.2, 0.25) is 0 Å². The molecule has 0 radical (unpaired) electrons. The first-order chi connectivity index (χ1) is 9.91. The zero-order chi connectivity index (χ0) is 14.8. The number of halogens is 2. The Hall–Kier alpha value is -1.78. The Labute approximate surface area is 131 Å². The van der Waals surface area contributed by atoms with E-state index in [4.69, 9.17) is 23.2 Å². The van der Waals surface area contributed by atoms with Gasteiger partial charge in [0.25, 0.3) is 0 Å². The molecule has 0 spiro atoms. The van der Waals surface area contributed by atoms with Crippen molar-refractivity contribution >= 4 is 56.6 Å². The topological polar surface area (TPSA) is 49.8 Å². The summed E-state index contributed by atoms with van der Waals surface area (Å²) in [5.41, 5.74) is 5.01. The predicted molar refractivity (Wildman–Crippen MR) is 88.4 cm³/mol. The number of rotatable bonds is 0. The van der Waals surface area contributed by atoms with Crippen LogP contribution in [0.4, 0.5) is 11.4 Å². The molecule has 2 heterocycles. The Kier molecular flexibility index (Phi) is 2.53. The molecule has 2 N–H and O–H groups in total. The zero-order valence-corrected chi connectivity index (χ0v) is 13.0. The van der Waals surface area contributed by atoms with Gasteiger partial charge in [-0.05, 0) is 38.1 Å². The summed E-state index contributed by atoms with van der Waals surface area (Å²) >= 11 is 12.1. The van der Waals surface area contributed by atoms with E-state index < -0.39 is 0 Å². The molecule has 21 heavy (non-hydrogen) atoms. The molecule has 0 amide bonds. The van der Waals surface area contributed by atoms with Crippen LogP contribution < -0.4 is 10.6 Å². The van der Waals surface area contributed by atoms with Crippen LogP contribution in [0.3, 0.4) is 0 Å². The van der Waals surface area contributed by atoms with Gasteiger partial charge in [-0.1, -0.05) is 23.2 Å². The van der Waals surface area contributed by atoms with E-state index in [9.17, 15) is 0 Å². The molecule has 0 fully saturated rings. The number of nitrogens with zero attached hydrogens (tertiary/aromatic N) is 2. The van der Waals surface area contributed by atoms with Crippen LogP contribution in [0.25, 0.3) is 22.1 Å². The Morgan fingerprint density at radius 3 is 1.57 bits per heavy atom. The second kappa shape index (κ2) is 4.12. The minimum Gasteiger partial charge on any atom is -0.362 e. The molecular weight excluding hydrogens is 307 g/mol. The third-order valence-electron chi connectivity index (χ3n) is 3.51. The van der Waals surface area contributed by atoms with Crippen LogP contribution in [-0.2, 0) is 0 Å². The van der Waals surface area contributed by atoms with E-state index >= 15 is 0 Å². The number of aromatic nitrogens is 2. The van der Waals surface area contributed by atoms with Crippen molar-refractivity contribution in [1.29, 1.82) is 0 Å². The fourth-order valence-electron chi connectivity index (χ4n) is 2.63. The van der Waals surface area contributed by atoms with Crippen molar-refractivity contribution in [2.75, 3.05) is 10.6 Å². The first-order valence-corrected chi connectivity index (χ1v) is 7.34. The Morgan fingerprint density at radius 1 is 0.762 bits per heavy atom. The van der Waals surface area contributed by atoms with Crippen LogP contribution >= 0.6 is 23.2 Å². The van der Waals surface area contributed by atoms with E-state index in [2.05, 4.69) is 34.4 Å². The summed E-state index contributed by atoms with van der Waals surface area (Å²) in [6.45, 7) is 4.16. The molecule has 0 aliphatic carbocycles. The molecule has 106 valence electrons. The second-order valence-electron chi connectivity index (χ2n) is 5.74. The van der Waals surface area contributed by atoms with Gasteiger partial charge in [0.15, 0.2) is 0 Å². The first kappa shape index (κ1) is 12.9. The molecule has 4 rings (SSSR count).